The van der Waals surface area contributed by atoms with Gasteiger partial charge >= 0.3 is 10.1 Å². The lowest BCUT2D eigenvalue weighted by atomic mass is 10.1. The van der Waals surface area contributed by atoms with Crippen LogP contribution in [0.4, 0.5) is 11.4 Å². The van der Waals surface area contributed by atoms with Crippen molar-refractivity contribution in [3.05, 3.63) is 106 Å². The fourth-order valence-corrected chi connectivity index (χ4v) is 4.57. The van der Waals surface area contributed by atoms with Gasteiger partial charge in [-0.15, -0.1) is 0 Å². The molecule has 0 bridgehead atoms. The zero-order valence-electron chi connectivity index (χ0n) is 20.5. The summed E-state index contributed by atoms with van der Waals surface area (Å²) in [5, 5.41) is 25.1. The summed E-state index contributed by atoms with van der Waals surface area (Å²) in [6.07, 6.45) is 1.34. The van der Waals surface area contributed by atoms with Crippen LogP contribution in [0.3, 0.4) is 0 Å². The normalized spacial score (nSPS) is 11.4. The summed E-state index contributed by atoms with van der Waals surface area (Å²) in [6, 6.07) is 23.4. The molecule has 0 fully saturated rings. The molecule has 196 valence electrons. The highest BCUT2D eigenvalue weighted by Crippen LogP contribution is 2.32. The van der Waals surface area contributed by atoms with Gasteiger partial charge in [-0.1, -0.05) is 36.4 Å². The first-order chi connectivity index (χ1) is 18.7. The molecule has 0 saturated carbocycles. The van der Waals surface area contributed by atoms with Crippen LogP contribution in [0.5, 0.6) is 11.5 Å². The van der Waals surface area contributed by atoms with E-state index in [4.69, 9.17) is 8.92 Å². The predicted molar refractivity (Wildman–Crippen MR) is 145 cm³/mol. The molecule has 0 aliphatic rings. The van der Waals surface area contributed by atoms with E-state index >= 15 is 0 Å². The number of anilines is 1. The minimum Gasteiger partial charge on any atom is -0.490 e. The van der Waals surface area contributed by atoms with Crippen LogP contribution in [0, 0.1) is 21.4 Å². The van der Waals surface area contributed by atoms with Crippen molar-refractivity contribution < 1.29 is 27.1 Å². The summed E-state index contributed by atoms with van der Waals surface area (Å²) in [7, 11) is -4.34. The Morgan fingerprint density at radius 3 is 2.38 bits per heavy atom. The maximum absolute atomic E-state index is 12.8. The third kappa shape index (κ3) is 6.38. The van der Waals surface area contributed by atoms with E-state index in [0.717, 1.165) is 35.0 Å². The van der Waals surface area contributed by atoms with E-state index in [-0.39, 0.29) is 34.3 Å². The fourth-order valence-electron chi connectivity index (χ4n) is 3.63. The zero-order chi connectivity index (χ0) is 28.0. The highest BCUT2D eigenvalue weighted by atomic mass is 32.2. The van der Waals surface area contributed by atoms with Gasteiger partial charge in [-0.05, 0) is 65.7 Å². The van der Waals surface area contributed by atoms with Crippen LogP contribution >= 0.6 is 0 Å². The molecule has 1 N–H and O–H groups in total. The minimum absolute atomic E-state index is 0.0592. The van der Waals surface area contributed by atoms with Crippen molar-refractivity contribution in [3.8, 4) is 17.6 Å². The molecule has 0 atom stereocenters. The zero-order valence-corrected chi connectivity index (χ0v) is 21.3. The fraction of sp³-hybridized carbons (Fsp3) is 0.0714. The van der Waals surface area contributed by atoms with Gasteiger partial charge in [-0.25, -0.2) is 0 Å². The van der Waals surface area contributed by atoms with E-state index in [2.05, 4.69) is 5.32 Å². The Bertz CT molecular complexity index is 1740. The maximum Gasteiger partial charge on any atom is 0.339 e. The summed E-state index contributed by atoms with van der Waals surface area (Å²) < 4.78 is 36.2. The van der Waals surface area contributed by atoms with Crippen LogP contribution in [-0.4, -0.2) is 25.9 Å². The van der Waals surface area contributed by atoms with E-state index in [9.17, 15) is 28.6 Å². The van der Waals surface area contributed by atoms with E-state index < -0.39 is 20.9 Å². The highest BCUT2D eigenvalue weighted by Gasteiger charge is 2.21. The van der Waals surface area contributed by atoms with Crippen LogP contribution in [-0.2, 0) is 14.9 Å². The summed E-state index contributed by atoms with van der Waals surface area (Å²) in [4.78, 5) is 22.7. The van der Waals surface area contributed by atoms with Gasteiger partial charge in [-0.3, -0.25) is 14.9 Å². The molecule has 39 heavy (non-hydrogen) atoms. The number of hydrogen-bond acceptors (Lipinski definition) is 8. The number of nitrogens with one attached hydrogen (secondary N) is 1. The minimum atomic E-state index is -4.34. The highest BCUT2D eigenvalue weighted by molar-refractivity contribution is 7.87. The maximum atomic E-state index is 12.8. The second-order valence-corrected chi connectivity index (χ2v) is 9.66. The number of fused-ring (bicyclic) bond motifs is 1. The average Bonchev–Trinajstić information content (AvgIpc) is 2.93. The molecule has 0 unspecified atom stereocenters. The Balaban J connectivity index is 1.57. The van der Waals surface area contributed by atoms with Crippen molar-refractivity contribution in [1.29, 1.82) is 5.26 Å². The largest absolute Gasteiger partial charge is 0.490 e. The number of carbonyl (C=O) groups excluding carboxylic acids is 1. The van der Waals surface area contributed by atoms with E-state index in [1.165, 1.54) is 24.3 Å². The molecule has 10 nitrogen and oxygen atoms in total. The molecule has 0 heterocycles. The second-order valence-electron chi connectivity index (χ2n) is 8.11. The van der Waals surface area contributed by atoms with Gasteiger partial charge in [-0.2, -0.15) is 13.7 Å². The Morgan fingerprint density at radius 2 is 1.72 bits per heavy atom. The first-order valence-corrected chi connectivity index (χ1v) is 13.0. The predicted octanol–water partition coefficient (Wildman–Crippen LogP) is 5.46. The van der Waals surface area contributed by atoms with Gasteiger partial charge in [0, 0.05) is 17.8 Å². The molecule has 0 aliphatic carbocycles. The molecule has 0 aromatic heterocycles. The number of nitro benzene ring substituents is 1. The lowest BCUT2D eigenvalue weighted by Gasteiger charge is -2.13. The number of amides is 1. The van der Waals surface area contributed by atoms with Crippen LogP contribution in [0.1, 0.15) is 12.5 Å². The summed E-state index contributed by atoms with van der Waals surface area (Å²) in [5.74, 6) is -0.692. The smallest absolute Gasteiger partial charge is 0.339 e. The lowest BCUT2D eigenvalue weighted by molar-refractivity contribution is -0.384. The molecule has 0 radical (unpaired) electrons. The topological polar surface area (TPSA) is 149 Å². The van der Waals surface area contributed by atoms with Crippen LogP contribution in [0.15, 0.2) is 95.4 Å². The molecule has 4 rings (SSSR count). The van der Waals surface area contributed by atoms with Crippen LogP contribution in [0.25, 0.3) is 16.8 Å². The molecule has 4 aromatic rings. The van der Waals surface area contributed by atoms with E-state index in [0.29, 0.717) is 11.3 Å². The second kappa shape index (κ2) is 11.5. The number of nitrogens with zero attached hydrogens (tertiary/aromatic N) is 2. The Hall–Kier alpha value is -5.21. The van der Waals surface area contributed by atoms with Crippen molar-refractivity contribution in [2.24, 2.45) is 0 Å². The van der Waals surface area contributed by atoms with Crippen molar-refractivity contribution in [2.45, 2.75) is 11.8 Å². The van der Waals surface area contributed by atoms with E-state index in [1.807, 2.05) is 36.4 Å². The summed E-state index contributed by atoms with van der Waals surface area (Å²) in [6.45, 7) is 1.86. The third-order valence-corrected chi connectivity index (χ3v) is 6.74. The lowest BCUT2D eigenvalue weighted by Crippen LogP contribution is -2.13. The van der Waals surface area contributed by atoms with Crippen molar-refractivity contribution in [1.82, 2.24) is 0 Å². The van der Waals surface area contributed by atoms with Crippen LogP contribution in [0.2, 0.25) is 0 Å². The van der Waals surface area contributed by atoms with Gasteiger partial charge in [0.2, 0.25) is 0 Å². The van der Waals surface area contributed by atoms with Gasteiger partial charge in [0.05, 0.1) is 11.5 Å². The monoisotopic (exact) mass is 543 g/mol. The molecular formula is C28H21N3O7S. The number of nitro groups is 1. The third-order valence-electron chi connectivity index (χ3n) is 5.49. The van der Waals surface area contributed by atoms with Gasteiger partial charge in [0.25, 0.3) is 11.6 Å². The summed E-state index contributed by atoms with van der Waals surface area (Å²) in [5.41, 5.74) is 0.467. The van der Waals surface area contributed by atoms with Crippen molar-refractivity contribution >= 4 is 44.2 Å². The average molecular weight is 544 g/mol. The number of hydrogen-bond donors (Lipinski definition) is 1. The molecular weight excluding hydrogens is 522 g/mol. The van der Waals surface area contributed by atoms with Gasteiger partial charge in [0.1, 0.15) is 16.5 Å². The SMILES string of the molecule is CCOc1cc(/C=C(\C#N)C(=O)Nc2ccc3ccccc3c2)ccc1OS(=O)(=O)c1ccc([N+](=O)[O-])cc1. The molecule has 11 heteroatoms. The van der Waals surface area contributed by atoms with Crippen molar-refractivity contribution in [2.75, 3.05) is 11.9 Å². The number of ether oxygens (including phenoxy) is 1. The van der Waals surface area contributed by atoms with Crippen molar-refractivity contribution in [3.63, 3.8) is 0 Å². The number of benzene rings is 4. The van der Waals surface area contributed by atoms with Gasteiger partial charge in [0.15, 0.2) is 11.5 Å². The Morgan fingerprint density at radius 1 is 1.00 bits per heavy atom. The number of carbonyl (C=O) groups is 1. The summed E-state index contributed by atoms with van der Waals surface area (Å²) >= 11 is 0. The molecule has 0 spiro atoms. The first-order valence-electron chi connectivity index (χ1n) is 11.6. The van der Waals surface area contributed by atoms with Crippen LogP contribution < -0.4 is 14.2 Å². The first kappa shape index (κ1) is 26.8. The molecule has 0 saturated heterocycles. The number of non-ortho nitro benzene ring substituents is 1. The molecule has 0 aliphatic heterocycles. The Kier molecular flexibility index (Phi) is 7.88. The number of rotatable bonds is 9. The standard InChI is InChI=1S/C28H21N3O7S/c1-2-37-27-16-19(7-14-26(27)38-39(35,36)25-12-10-24(11-13-25)31(33)34)15-22(18-29)28(32)30-23-9-8-20-5-3-4-6-21(20)17-23/h3-17H,2H2,1H3,(H,30,32)/b22-15+. The van der Waals surface area contributed by atoms with Gasteiger partial charge < -0.3 is 14.2 Å². The number of nitriles is 1. The Labute approximate surface area is 224 Å². The molecule has 1 amide bonds. The molecule has 4 aromatic carbocycles. The van der Waals surface area contributed by atoms with E-state index in [1.54, 1.807) is 19.1 Å². The quantitative estimate of drug-likeness (QED) is 0.0962.